The van der Waals surface area contributed by atoms with Crippen molar-refractivity contribution in [3.8, 4) is 0 Å². The zero-order valence-corrected chi connectivity index (χ0v) is 8.85. The lowest BCUT2D eigenvalue weighted by atomic mass is 9.92. The zero-order valence-electron chi connectivity index (χ0n) is 8.85. The number of nitrogens with two attached hydrogens (primary N) is 1. The molecule has 0 heterocycles. The quantitative estimate of drug-likeness (QED) is 0.733. The van der Waals surface area contributed by atoms with Gasteiger partial charge in [0.2, 0.25) is 0 Å². The van der Waals surface area contributed by atoms with Crippen molar-refractivity contribution < 1.29 is 0 Å². The van der Waals surface area contributed by atoms with E-state index < -0.39 is 0 Å². The molecule has 0 spiro atoms. The van der Waals surface area contributed by atoms with Crippen molar-refractivity contribution >= 4 is 5.69 Å². The van der Waals surface area contributed by atoms with E-state index in [2.05, 4.69) is 37.3 Å². The lowest BCUT2D eigenvalue weighted by molar-refractivity contribution is 0.926. The third kappa shape index (κ3) is 2.01. The summed E-state index contributed by atoms with van der Waals surface area (Å²) in [6.07, 6.45) is 0. The van der Waals surface area contributed by atoms with Crippen molar-refractivity contribution in [2.24, 2.45) is 0 Å². The summed E-state index contributed by atoms with van der Waals surface area (Å²) in [6, 6.07) is 18.5. The Kier molecular flexibility index (Phi) is 2.72. The molecule has 0 saturated heterocycles. The first kappa shape index (κ1) is 9.78. The Labute approximate surface area is 90.6 Å². The summed E-state index contributed by atoms with van der Waals surface area (Å²) in [5, 5.41) is 0. The van der Waals surface area contributed by atoms with Gasteiger partial charge in [-0.3, -0.25) is 0 Å². The van der Waals surface area contributed by atoms with Gasteiger partial charge in [-0.25, -0.2) is 0 Å². The van der Waals surface area contributed by atoms with Crippen molar-refractivity contribution in [1.82, 2.24) is 0 Å². The first-order valence-corrected chi connectivity index (χ1v) is 5.18. The van der Waals surface area contributed by atoms with E-state index in [0.29, 0.717) is 5.92 Å². The number of nitrogen functional groups attached to an aromatic ring is 1. The molecule has 1 unspecified atom stereocenters. The van der Waals surface area contributed by atoms with Crippen LogP contribution in [0.1, 0.15) is 24.0 Å². The SMILES string of the molecule is CC(c1ccccc1)c1ccccc1N. The van der Waals surface area contributed by atoms with Gasteiger partial charge in [0.05, 0.1) is 0 Å². The zero-order chi connectivity index (χ0) is 10.7. The average molecular weight is 197 g/mol. The minimum atomic E-state index is 0.354. The topological polar surface area (TPSA) is 26.0 Å². The molecule has 1 atom stereocenters. The Morgan fingerprint density at radius 1 is 0.867 bits per heavy atom. The van der Waals surface area contributed by atoms with E-state index in [1.807, 2.05) is 24.3 Å². The van der Waals surface area contributed by atoms with Crippen LogP contribution in [-0.2, 0) is 0 Å². The second-order valence-corrected chi connectivity index (χ2v) is 3.76. The van der Waals surface area contributed by atoms with Gasteiger partial charge in [-0.1, -0.05) is 55.5 Å². The first-order valence-electron chi connectivity index (χ1n) is 5.18. The standard InChI is InChI=1S/C14H15N/c1-11(12-7-3-2-4-8-12)13-9-5-6-10-14(13)15/h2-11H,15H2,1H3. The van der Waals surface area contributed by atoms with Crippen LogP contribution >= 0.6 is 0 Å². The highest BCUT2D eigenvalue weighted by Crippen LogP contribution is 2.27. The maximum atomic E-state index is 5.96. The first-order chi connectivity index (χ1) is 7.29. The fraction of sp³-hybridized carbons (Fsp3) is 0.143. The number of anilines is 1. The largest absolute Gasteiger partial charge is 0.398 e. The van der Waals surface area contributed by atoms with Crippen LogP contribution in [0.25, 0.3) is 0 Å². The monoisotopic (exact) mass is 197 g/mol. The summed E-state index contributed by atoms with van der Waals surface area (Å²) < 4.78 is 0. The van der Waals surface area contributed by atoms with Crippen LogP contribution in [0.3, 0.4) is 0 Å². The molecule has 15 heavy (non-hydrogen) atoms. The van der Waals surface area contributed by atoms with E-state index >= 15 is 0 Å². The highest BCUT2D eigenvalue weighted by atomic mass is 14.6. The fourth-order valence-electron chi connectivity index (χ4n) is 1.83. The summed E-state index contributed by atoms with van der Waals surface area (Å²) in [5.74, 6) is 0.354. The Morgan fingerprint density at radius 2 is 1.47 bits per heavy atom. The predicted molar refractivity (Wildman–Crippen MR) is 64.8 cm³/mol. The fourth-order valence-corrected chi connectivity index (χ4v) is 1.83. The molecule has 0 bridgehead atoms. The highest BCUT2D eigenvalue weighted by molar-refractivity contribution is 5.51. The molecule has 0 saturated carbocycles. The van der Waals surface area contributed by atoms with E-state index in [4.69, 9.17) is 5.73 Å². The number of rotatable bonds is 2. The molecule has 0 aliphatic rings. The van der Waals surface area contributed by atoms with E-state index in [9.17, 15) is 0 Å². The smallest absolute Gasteiger partial charge is 0.0352 e. The second-order valence-electron chi connectivity index (χ2n) is 3.76. The van der Waals surface area contributed by atoms with Crippen LogP contribution < -0.4 is 5.73 Å². The Hall–Kier alpha value is -1.76. The van der Waals surface area contributed by atoms with Crippen molar-refractivity contribution in [3.05, 3.63) is 65.7 Å². The molecule has 1 nitrogen and oxygen atoms in total. The third-order valence-electron chi connectivity index (χ3n) is 2.76. The number of para-hydroxylation sites is 1. The van der Waals surface area contributed by atoms with Gasteiger partial charge < -0.3 is 5.73 Å². The predicted octanol–water partition coefficient (Wildman–Crippen LogP) is 3.42. The Balaban J connectivity index is 2.37. The number of benzene rings is 2. The molecule has 0 aromatic heterocycles. The summed E-state index contributed by atoms with van der Waals surface area (Å²) in [7, 11) is 0. The van der Waals surface area contributed by atoms with Crippen LogP contribution in [0.2, 0.25) is 0 Å². The molecular weight excluding hydrogens is 182 g/mol. The van der Waals surface area contributed by atoms with E-state index in [1.165, 1.54) is 11.1 Å². The summed E-state index contributed by atoms with van der Waals surface area (Å²) in [5.41, 5.74) is 9.33. The van der Waals surface area contributed by atoms with Crippen LogP contribution in [0.4, 0.5) is 5.69 Å². The molecular formula is C14H15N. The molecule has 2 aromatic rings. The molecule has 0 radical (unpaired) electrons. The summed E-state index contributed by atoms with van der Waals surface area (Å²) >= 11 is 0. The van der Waals surface area contributed by atoms with Crippen molar-refractivity contribution in [2.75, 3.05) is 5.73 Å². The van der Waals surface area contributed by atoms with Crippen molar-refractivity contribution in [2.45, 2.75) is 12.8 Å². The van der Waals surface area contributed by atoms with Crippen LogP contribution in [0.5, 0.6) is 0 Å². The third-order valence-corrected chi connectivity index (χ3v) is 2.76. The minimum Gasteiger partial charge on any atom is -0.398 e. The van der Waals surface area contributed by atoms with Crippen LogP contribution in [0, 0.1) is 0 Å². The Morgan fingerprint density at radius 3 is 2.13 bits per heavy atom. The second kappa shape index (κ2) is 4.18. The molecule has 2 N–H and O–H groups in total. The van der Waals surface area contributed by atoms with Gasteiger partial charge in [0.25, 0.3) is 0 Å². The van der Waals surface area contributed by atoms with Gasteiger partial charge in [-0.2, -0.15) is 0 Å². The van der Waals surface area contributed by atoms with E-state index in [-0.39, 0.29) is 0 Å². The molecule has 2 rings (SSSR count). The normalized spacial score (nSPS) is 12.3. The van der Waals surface area contributed by atoms with Gasteiger partial charge in [-0.05, 0) is 17.2 Å². The maximum absolute atomic E-state index is 5.96. The lowest BCUT2D eigenvalue weighted by Gasteiger charge is -2.14. The van der Waals surface area contributed by atoms with Gasteiger partial charge in [0.1, 0.15) is 0 Å². The number of hydrogen-bond donors (Lipinski definition) is 1. The molecule has 0 aliphatic heterocycles. The van der Waals surface area contributed by atoms with Gasteiger partial charge in [0.15, 0.2) is 0 Å². The van der Waals surface area contributed by atoms with Crippen molar-refractivity contribution in [1.29, 1.82) is 0 Å². The van der Waals surface area contributed by atoms with E-state index in [1.54, 1.807) is 0 Å². The van der Waals surface area contributed by atoms with Gasteiger partial charge in [0, 0.05) is 11.6 Å². The number of hydrogen-bond acceptors (Lipinski definition) is 1. The summed E-state index contributed by atoms with van der Waals surface area (Å²) in [6.45, 7) is 2.18. The molecule has 0 amide bonds. The molecule has 76 valence electrons. The lowest BCUT2D eigenvalue weighted by Crippen LogP contribution is -2.00. The van der Waals surface area contributed by atoms with Crippen LogP contribution in [-0.4, -0.2) is 0 Å². The van der Waals surface area contributed by atoms with Crippen LogP contribution in [0.15, 0.2) is 54.6 Å². The highest BCUT2D eigenvalue weighted by Gasteiger charge is 2.09. The summed E-state index contributed by atoms with van der Waals surface area (Å²) in [4.78, 5) is 0. The van der Waals surface area contributed by atoms with Crippen molar-refractivity contribution in [3.63, 3.8) is 0 Å². The minimum absolute atomic E-state index is 0.354. The molecule has 0 fully saturated rings. The Bertz CT molecular complexity index is 434. The van der Waals surface area contributed by atoms with Gasteiger partial charge in [-0.15, -0.1) is 0 Å². The van der Waals surface area contributed by atoms with E-state index in [0.717, 1.165) is 5.69 Å². The molecule has 1 heteroatoms. The maximum Gasteiger partial charge on any atom is 0.0352 e. The molecule has 0 aliphatic carbocycles. The molecule has 2 aromatic carbocycles. The van der Waals surface area contributed by atoms with Gasteiger partial charge >= 0.3 is 0 Å². The average Bonchev–Trinajstić information content (AvgIpc) is 2.30.